The van der Waals surface area contributed by atoms with Gasteiger partial charge in [0.25, 0.3) is 0 Å². The zero-order valence-corrected chi connectivity index (χ0v) is 17.8. The van der Waals surface area contributed by atoms with Crippen molar-refractivity contribution >= 4 is 23.5 Å². The third-order valence-electron chi connectivity index (χ3n) is 7.29. The van der Waals surface area contributed by atoms with E-state index in [0.717, 1.165) is 36.5 Å². The smallest absolute Gasteiger partial charge is 0.408 e. The first-order valence-electron chi connectivity index (χ1n) is 11.5. The van der Waals surface area contributed by atoms with Crippen molar-refractivity contribution in [3.8, 4) is 0 Å². The summed E-state index contributed by atoms with van der Waals surface area (Å²) < 4.78 is 27.9. The van der Waals surface area contributed by atoms with Crippen LogP contribution in [-0.2, 0) is 9.47 Å². The Morgan fingerprint density at radius 2 is 2.18 bits per heavy atom. The van der Waals surface area contributed by atoms with E-state index in [4.69, 9.17) is 9.47 Å². The molecule has 1 saturated heterocycles. The Kier molecular flexibility index (Phi) is 4.03. The molecule has 0 radical (unpaired) electrons. The predicted molar refractivity (Wildman–Crippen MR) is 114 cm³/mol. The summed E-state index contributed by atoms with van der Waals surface area (Å²) in [5.41, 5.74) is 2.23. The van der Waals surface area contributed by atoms with Gasteiger partial charge in [0.05, 0.1) is 18.0 Å². The summed E-state index contributed by atoms with van der Waals surface area (Å²) in [4.78, 5) is 21.2. The molecule has 2 bridgehead atoms. The topological polar surface area (TPSA) is 118 Å². The van der Waals surface area contributed by atoms with Crippen molar-refractivity contribution in [2.24, 2.45) is 5.92 Å². The van der Waals surface area contributed by atoms with E-state index < -0.39 is 24.5 Å². The number of nitrogens with zero attached hydrogens (tertiary/aromatic N) is 4. The first kappa shape index (κ1) is 19.3. The number of aromatic amines is 1. The third kappa shape index (κ3) is 3.25. The van der Waals surface area contributed by atoms with E-state index in [1.54, 1.807) is 12.3 Å². The van der Waals surface area contributed by atoms with Gasteiger partial charge < -0.3 is 20.1 Å². The quantitative estimate of drug-likeness (QED) is 0.525. The minimum Gasteiger partial charge on any atom is -0.441 e. The van der Waals surface area contributed by atoms with E-state index >= 15 is 4.39 Å². The molecule has 33 heavy (non-hydrogen) atoms. The number of rotatable bonds is 6. The number of carbonyl (C=O) groups is 1. The number of halogens is 1. The maximum absolute atomic E-state index is 15.0. The number of alkyl halides is 1. The number of ether oxygens (including phenoxy) is 2. The fraction of sp³-hybridized carbons (Fsp3) is 0.545. The Morgan fingerprint density at radius 3 is 2.94 bits per heavy atom. The monoisotopic (exact) mass is 453 g/mol. The second-order valence-electron chi connectivity index (χ2n) is 9.80. The molecule has 3 aromatic heterocycles. The summed E-state index contributed by atoms with van der Waals surface area (Å²) in [6.07, 6.45) is 5.11. The highest BCUT2D eigenvalue weighted by molar-refractivity contribution is 5.69. The molecular weight excluding hydrogens is 429 g/mol. The number of amides is 1. The minimum absolute atomic E-state index is 0.00347. The number of fused-ring (bicyclic) bond motifs is 1. The van der Waals surface area contributed by atoms with Crippen LogP contribution in [-0.4, -0.2) is 55.1 Å². The summed E-state index contributed by atoms with van der Waals surface area (Å²) in [6.45, 7) is -0.00347. The summed E-state index contributed by atoms with van der Waals surface area (Å²) in [7, 11) is 0. The molecule has 3 aromatic rings. The van der Waals surface area contributed by atoms with Gasteiger partial charge in [-0.15, -0.1) is 0 Å². The average molecular weight is 453 g/mol. The maximum atomic E-state index is 15.0. The number of carbonyl (C=O) groups excluding carboxylic acids is 1. The fourth-order valence-corrected chi connectivity index (χ4v) is 5.22. The van der Waals surface area contributed by atoms with Crippen LogP contribution in [0.25, 0.3) is 5.65 Å². The van der Waals surface area contributed by atoms with Crippen LogP contribution in [0.15, 0.2) is 24.5 Å². The van der Waals surface area contributed by atoms with Gasteiger partial charge in [-0.25, -0.2) is 19.2 Å². The van der Waals surface area contributed by atoms with Crippen molar-refractivity contribution in [1.82, 2.24) is 29.9 Å². The van der Waals surface area contributed by atoms with Gasteiger partial charge in [0.15, 0.2) is 18.1 Å². The van der Waals surface area contributed by atoms with Gasteiger partial charge in [-0.3, -0.25) is 9.50 Å². The van der Waals surface area contributed by atoms with Gasteiger partial charge >= 0.3 is 6.09 Å². The lowest BCUT2D eigenvalue weighted by molar-refractivity contribution is -0.0528. The highest BCUT2D eigenvalue weighted by atomic mass is 19.1. The van der Waals surface area contributed by atoms with Gasteiger partial charge in [0.2, 0.25) is 5.95 Å². The fourth-order valence-electron chi connectivity index (χ4n) is 5.22. The zero-order chi connectivity index (χ0) is 22.2. The number of hydrogen-bond donors (Lipinski definition) is 3. The van der Waals surface area contributed by atoms with Crippen LogP contribution < -0.4 is 10.6 Å². The minimum atomic E-state index is -1.49. The van der Waals surface area contributed by atoms with Crippen LogP contribution in [0.4, 0.5) is 21.0 Å². The second-order valence-corrected chi connectivity index (χ2v) is 9.80. The van der Waals surface area contributed by atoms with E-state index in [9.17, 15) is 4.79 Å². The number of hydrogen-bond acceptors (Lipinski definition) is 7. The number of aromatic nitrogens is 5. The summed E-state index contributed by atoms with van der Waals surface area (Å²) in [5, 5.41) is 13.1. The number of H-pyrrole nitrogens is 1. The van der Waals surface area contributed by atoms with Gasteiger partial charge in [0.1, 0.15) is 11.8 Å². The first-order valence-corrected chi connectivity index (χ1v) is 11.5. The lowest BCUT2D eigenvalue weighted by atomic mass is 9.50. The van der Waals surface area contributed by atoms with Crippen molar-refractivity contribution in [2.75, 3.05) is 11.9 Å². The van der Waals surface area contributed by atoms with Crippen molar-refractivity contribution in [3.05, 3.63) is 35.9 Å². The van der Waals surface area contributed by atoms with Crippen LogP contribution in [0.3, 0.4) is 0 Å². The summed E-state index contributed by atoms with van der Waals surface area (Å²) >= 11 is 0. The molecule has 4 heterocycles. The standard InChI is InChI=1S/C22H24FN7O3/c23-18-15(33-21(31)27-22-6-11(7-22)8-22)10-32-19(18)13-5-16(29-28-13)26-20-24-4-3-17-25-14(9-30(17)20)12-1-2-12/h3-5,9,11-12,15,18-19H,1-2,6-8,10H2,(H,27,31)(H2,24,26,28,29)/t11?,15-,18-,19-,22?/m1/s1. The van der Waals surface area contributed by atoms with Gasteiger partial charge in [0, 0.05) is 29.9 Å². The Balaban J connectivity index is 1.02. The molecule has 4 aliphatic carbocycles. The molecule has 4 saturated carbocycles. The molecule has 3 atom stereocenters. The molecule has 5 fully saturated rings. The van der Waals surface area contributed by atoms with Crippen LogP contribution >= 0.6 is 0 Å². The van der Waals surface area contributed by atoms with E-state index in [1.165, 1.54) is 12.8 Å². The zero-order valence-electron chi connectivity index (χ0n) is 17.8. The molecule has 0 unspecified atom stereocenters. The summed E-state index contributed by atoms with van der Waals surface area (Å²) in [6, 6.07) is 3.54. The molecule has 0 spiro atoms. The Morgan fingerprint density at radius 1 is 1.33 bits per heavy atom. The van der Waals surface area contributed by atoms with E-state index in [1.807, 2.05) is 16.7 Å². The molecule has 11 heteroatoms. The highest BCUT2D eigenvalue weighted by Crippen LogP contribution is 2.57. The van der Waals surface area contributed by atoms with Gasteiger partial charge in [-0.05, 0) is 44.1 Å². The van der Waals surface area contributed by atoms with Gasteiger partial charge in [-0.2, -0.15) is 5.10 Å². The van der Waals surface area contributed by atoms with E-state index in [0.29, 0.717) is 23.4 Å². The lowest BCUT2D eigenvalue weighted by Gasteiger charge is -2.61. The largest absolute Gasteiger partial charge is 0.441 e. The van der Waals surface area contributed by atoms with Crippen LogP contribution in [0.2, 0.25) is 0 Å². The third-order valence-corrected chi connectivity index (χ3v) is 7.29. The maximum Gasteiger partial charge on any atom is 0.408 e. The molecule has 172 valence electrons. The lowest BCUT2D eigenvalue weighted by Crippen LogP contribution is -2.68. The van der Waals surface area contributed by atoms with Gasteiger partial charge in [-0.1, -0.05) is 0 Å². The number of imidazole rings is 1. The molecule has 10 nitrogen and oxygen atoms in total. The average Bonchev–Trinajstić information content (AvgIpc) is 3.16. The predicted octanol–water partition coefficient (Wildman–Crippen LogP) is 3.13. The number of anilines is 2. The molecule has 8 rings (SSSR count). The van der Waals surface area contributed by atoms with E-state index in [-0.39, 0.29) is 12.1 Å². The van der Waals surface area contributed by atoms with Crippen LogP contribution in [0, 0.1) is 5.92 Å². The molecule has 5 aliphatic rings. The second kappa shape index (κ2) is 6.89. The summed E-state index contributed by atoms with van der Waals surface area (Å²) in [5.74, 6) is 2.32. The Hall–Kier alpha value is -3.21. The number of nitrogens with one attached hydrogen (secondary N) is 3. The van der Waals surface area contributed by atoms with Crippen molar-refractivity contribution in [3.63, 3.8) is 0 Å². The Labute approximate surface area is 188 Å². The normalized spacial score (nSPS) is 32.3. The molecular formula is C22H24FN7O3. The first-order chi connectivity index (χ1) is 16.1. The highest BCUT2D eigenvalue weighted by Gasteiger charge is 2.58. The Bertz CT molecular complexity index is 1220. The van der Waals surface area contributed by atoms with E-state index in [2.05, 4.69) is 30.8 Å². The van der Waals surface area contributed by atoms with Crippen molar-refractivity contribution < 1.29 is 18.7 Å². The van der Waals surface area contributed by atoms with Crippen LogP contribution in [0.1, 0.15) is 55.5 Å². The van der Waals surface area contributed by atoms with Crippen LogP contribution in [0.5, 0.6) is 0 Å². The SMILES string of the molecule is O=C(NC12CC(C1)C2)O[C@@H]1CO[C@H](c2cc(Nc3nccc4nc(C5CC5)cn34)n[nH]2)[C@@H]1F. The van der Waals surface area contributed by atoms with Crippen molar-refractivity contribution in [2.45, 2.75) is 61.9 Å². The molecule has 3 N–H and O–H groups in total. The molecule has 0 aromatic carbocycles. The van der Waals surface area contributed by atoms with Crippen molar-refractivity contribution in [1.29, 1.82) is 0 Å². The molecule has 1 aliphatic heterocycles. The number of alkyl carbamates (subject to hydrolysis) is 1. The molecule has 1 amide bonds.